The van der Waals surface area contributed by atoms with Crippen LogP contribution in [-0.4, -0.2) is 29.6 Å². The summed E-state index contributed by atoms with van der Waals surface area (Å²) in [7, 11) is 1.80. The quantitative estimate of drug-likeness (QED) is 0.760. The molecule has 0 saturated heterocycles. The number of fused-ring (bicyclic) bond motifs is 1. The van der Waals surface area contributed by atoms with Gasteiger partial charge in [-0.05, 0) is 18.7 Å². The third kappa shape index (κ3) is 1.72. The zero-order valence-corrected chi connectivity index (χ0v) is 8.40. The number of hydrogen-bond acceptors (Lipinski definition) is 2. The van der Waals surface area contributed by atoms with Gasteiger partial charge in [0.2, 0.25) is 0 Å². The molecule has 2 rings (SSSR count). The number of aliphatic carboxylic acids is 1. The minimum absolute atomic E-state index is 0.315. The fourth-order valence-corrected chi connectivity index (χ4v) is 2.02. The number of likely N-dealkylation sites (N-methyl/N-ethyl adjacent to an activating group) is 1. The molecule has 0 amide bonds. The van der Waals surface area contributed by atoms with Crippen LogP contribution in [0.3, 0.4) is 0 Å². The third-order valence-corrected chi connectivity index (χ3v) is 2.75. The number of hydrogen-bond donors (Lipinski definition) is 1. The summed E-state index contributed by atoms with van der Waals surface area (Å²) in [5, 5.41) is 9.04. The van der Waals surface area contributed by atoms with Gasteiger partial charge in [-0.25, -0.2) is 4.39 Å². The lowest BCUT2D eigenvalue weighted by Gasteiger charge is -2.29. The van der Waals surface area contributed by atoms with Gasteiger partial charge in [0.1, 0.15) is 5.82 Å². The lowest BCUT2D eigenvalue weighted by atomic mass is 9.90. The Morgan fingerprint density at radius 1 is 1.60 bits per heavy atom. The van der Waals surface area contributed by atoms with Gasteiger partial charge in [-0.15, -0.1) is 0 Å². The van der Waals surface area contributed by atoms with Gasteiger partial charge in [-0.2, -0.15) is 0 Å². The average molecular weight is 209 g/mol. The van der Waals surface area contributed by atoms with E-state index in [2.05, 4.69) is 0 Å². The van der Waals surface area contributed by atoms with Crippen molar-refractivity contribution < 1.29 is 14.3 Å². The summed E-state index contributed by atoms with van der Waals surface area (Å²) < 4.78 is 13.5. The second-order valence-electron chi connectivity index (χ2n) is 3.90. The molecule has 1 atom stereocenters. The summed E-state index contributed by atoms with van der Waals surface area (Å²) in [6.45, 7) is 0.914. The largest absolute Gasteiger partial charge is 0.481 e. The fraction of sp³-hybridized carbons (Fsp3) is 0.364. The molecule has 1 unspecified atom stereocenters. The molecule has 80 valence electrons. The second kappa shape index (κ2) is 3.62. The molecule has 1 aromatic carbocycles. The molecule has 0 radical (unpaired) electrons. The summed E-state index contributed by atoms with van der Waals surface area (Å²) >= 11 is 0. The minimum Gasteiger partial charge on any atom is -0.481 e. The van der Waals surface area contributed by atoms with Crippen LogP contribution in [0.4, 0.5) is 4.39 Å². The van der Waals surface area contributed by atoms with Crippen LogP contribution in [-0.2, 0) is 11.3 Å². The average Bonchev–Trinajstić information content (AvgIpc) is 2.18. The van der Waals surface area contributed by atoms with Crippen LogP contribution in [0.25, 0.3) is 0 Å². The topological polar surface area (TPSA) is 40.5 Å². The highest BCUT2D eigenvalue weighted by atomic mass is 19.1. The Bertz CT molecular complexity index is 406. The van der Waals surface area contributed by atoms with Gasteiger partial charge < -0.3 is 10.0 Å². The van der Waals surface area contributed by atoms with Gasteiger partial charge in [0.15, 0.2) is 0 Å². The Balaban J connectivity index is 2.51. The van der Waals surface area contributed by atoms with Crippen molar-refractivity contribution in [3.8, 4) is 0 Å². The van der Waals surface area contributed by atoms with Crippen LogP contribution < -0.4 is 0 Å². The molecule has 1 aliphatic rings. The molecule has 1 aromatic rings. The third-order valence-electron chi connectivity index (χ3n) is 2.75. The molecule has 15 heavy (non-hydrogen) atoms. The normalized spacial score (nSPS) is 21.1. The van der Waals surface area contributed by atoms with Crippen molar-refractivity contribution in [2.75, 3.05) is 13.6 Å². The molecule has 1 aliphatic heterocycles. The molecule has 4 heteroatoms. The van der Waals surface area contributed by atoms with Gasteiger partial charge in [0, 0.05) is 18.7 Å². The van der Waals surface area contributed by atoms with Crippen LogP contribution in [0.5, 0.6) is 0 Å². The highest BCUT2D eigenvalue weighted by Gasteiger charge is 2.30. The van der Waals surface area contributed by atoms with Crippen molar-refractivity contribution in [2.45, 2.75) is 12.5 Å². The number of halogens is 1. The number of carboxylic acids is 1. The Morgan fingerprint density at radius 2 is 2.33 bits per heavy atom. The molecule has 3 nitrogen and oxygen atoms in total. The first kappa shape index (κ1) is 10.1. The second-order valence-corrected chi connectivity index (χ2v) is 3.90. The van der Waals surface area contributed by atoms with E-state index >= 15 is 0 Å². The zero-order chi connectivity index (χ0) is 11.0. The minimum atomic E-state index is -0.895. The number of carbonyl (C=O) groups is 1. The van der Waals surface area contributed by atoms with Crippen molar-refractivity contribution in [2.24, 2.45) is 0 Å². The van der Waals surface area contributed by atoms with Gasteiger partial charge in [0.25, 0.3) is 0 Å². The van der Waals surface area contributed by atoms with Crippen LogP contribution in [0.2, 0.25) is 0 Å². The molecule has 0 spiro atoms. The highest BCUT2D eigenvalue weighted by molar-refractivity contribution is 5.77. The summed E-state index contributed by atoms with van der Waals surface area (Å²) in [5.41, 5.74) is 1.12. The van der Waals surface area contributed by atoms with E-state index in [1.807, 2.05) is 4.90 Å². The Labute approximate surface area is 87.1 Å². The fourth-order valence-electron chi connectivity index (χ4n) is 2.02. The molecule has 0 aliphatic carbocycles. The molecule has 0 saturated carbocycles. The lowest BCUT2D eigenvalue weighted by molar-refractivity contribution is -0.139. The molecule has 0 bridgehead atoms. The Kier molecular flexibility index (Phi) is 2.44. The van der Waals surface area contributed by atoms with Crippen molar-refractivity contribution in [1.29, 1.82) is 0 Å². The monoisotopic (exact) mass is 209 g/mol. The molecule has 0 aromatic heterocycles. The van der Waals surface area contributed by atoms with Gasteiger partial charge in [-0.1, -0.05) is 12.1 Å². The van der Waals surface area contributed by atoms with E-state index in [0.717, 1.165) is 0 Å². The zero-order valence-electron chi connectivity index (χ0n) is 8.40. The van der Waals surface area contributed by atoms with E-state index in [4.69, 9.17) is 5.11 Å². The van der Waals surface area contributed by atoms with Gasteiger partial charge >= 0.3 is 5.97 Å². The molecule has 1 heterocycles. The number of nitrogens with zero attached hydrogens (tertiary/aromatic N) is 1. The maximum atomic E-state index is 13.5. The van der Waals surface area contributed by atoms with E-state index in [9.17, 15) is 9.18 Å². The SMILES string of the molecule is CN1Cc2c(F)cccc2C(C(=O)O)C1. The van der Waals surface area contributed by atoms with E-state index in [1.54, 1.807) is 19.2 Å². The molecular weight excluding hydrogens is 197 g/mol. The summed E-state index contributed by atoms with van der Waals surface area (Å²) in [5.74, 6) is -1.83. The number of benzene rings is 1. The molecular formula is C11H12FNO2. The van der Waals surface area contributed by atoms with Crippen molar-refractivity contribution in [1.82, 2.24) is 4.90 Å². The smallest absolute Gasteiger partial charge is 0.312 e. The van der Waals surface area contributed by atoms with Crippen molar-refractivity contribution >= 4 is 5.97 Å². The van der Waals surface area contributed by atoms with E-state index < -0.39 is 11.9 Å². The lowest BCUT2D eigenvalue weighted by Crippen LogP contribution is -2.34. The molecule has 0 fully saturated rings. The maximum absolute atomic E-state index is 13.5. The van der Waals surface area contributed by atoms with Gasteiger partial charge in [0.05, 0.1) is 5.92 Å². The van der Waals surface area contributed by atoms with Crippen molar-refractivity contribution in [3.05, 3.63) is 35.1 Å². The number of rotatable bonds is 1. The van der Waals surface area contributed by atoms with Crippen LogP contribution >= 0.6 is 0 Å². The highest BCUT2D eigenvalue weighted by Crippen LogP contribution is 2.29. The molecule has 1 N–H and O–H groups in total. The summed E-state index contributed by atoms with van der Waals surface area (Å²) in [4.78, 5) is 12.8. The Hall–Kier alpha value is -1.42. The van der Waals surface area contributed by atoms with Crippen LogP contribution in [0.1, 0.15) is 17.0 Å². The first-order valence-electron chi connectivity index (χ1n) is 4.78. The first-order valence-corrected chi connectivity index (χ1v) is 4.78. The Morgan fingerprint density at radius 3 is 3.00 bits per heavy atom. The van der Waals surface area contributed by atoms with Gasteiger partial charge in [-0.3, -0.25) is 4.79 Å². The first-order chi connectivity index (χ1) is 7.09. The van der Waals surface area contributed by atoms with E-state index in [-0.39, 0.29) is 5.82 Å². The van der Waals surface area contributed by atoms with E-state index in [1.165, 1.54) is 6.07 Å². The number of carboxylic acid groups (broad SMARTS) is 1. The predicted octanol–water partition coefficient (Wildman–Crippen LogP) is 1.44. The summed E-state index contributed by atoms with van der Waals surface area (Å²) in [6.07, 6.45) is 0. The van der Waals surface area contributed by atoms with Crippen molar-refractivity contribution in [3.63, 3.8) is 0 Å². The van der Waals surface area contributed by atoms with Crippen LogP contribution in [0, 0.1) is 5.82 Å². The predicted molar refractivity (Wildman–Crippen MR) is 53.1 cm³/mol. The summed E-state index contributed by atoms with van der Waals surface area (Å²) in [6, 6.07) is 4.64. The maximum Gasteiger partial charge on any atom is 0.312 e. The van der Waals surface area contributed by atoms with Crippen LogP contribution in [0.15, 0.2) is 18.2 Å². The van der Waals surface area contributed by atoms with E-state index in [0.29, 0.717) is 24.2 Å². The standard InChI is InChI=1S/C11H12FNO2/c1-13-5-8-7(3-2-4-10(8)12)9(6-13)11(14)15/h2-4,9H,5-6H2,1H3,(H,14,15).